The normalized spacial score (nSPS) is 15.1. The lowest BCUT2D eigenvalue weighted by Gasteiger charge is -2.31. The molecule has 12 heteroatoms. The summed E-state index contributed by atoms with van der Waals surface area (Å²) in [5, 5.41) is 23.5. The number of methoxy groups -OCH3 is 1. The fourth-order valence-corrected chi connectivity index (χ4v) is 4.87. The van der Waals surface area contributed by atoms with Crippen molar-refractivity contribution in [3.05, 3.63) is 106 Å². The van der Waals surface area contributed by atoms with Crippen molar-refractivity contribution in [1.29, 1.82) is 0 Å². The third-order valence-electron chi connectivity index (χ3n) is 6.95. The van der Waals surface area contributed by atoms with E-state index in [9.17, 15) is 34.4 Å². The lowest BCUT2D eigenvalue weighted by molar-refractivity contribution is -0.384. The average Bonchev–Trinajstić information content (AvgIpc) is 3.45. The Morgan fingerprint density at radius 3 is 2.40 bits per heavy atom. The van der Waals surface area contributed by atoms with E-state index in [0.717, 1.165) is 5.56 Å². The standard InChI is InChI=1S/C30H30N4O8/c1-42-24-12-6-10-22(18-24)30(39)33-16-15-32(26(35)14-13-20-7-3-2-4-8-20)29(33)28(38)31-25(19-27(36)37)21-9-5-11-23(17-21)34(40)41/h2-12,17-18,25,29H,13-16,19H2,1H3,(H,31,38)(H,36,37). The molecule has 2 N–H and O–H groups in total. The molecule has 0 aliphatic carbocycles. The van der Waals surface area contributed by atoms with E-state index in [1.54, 1.807) is 18.2 Å². The van der Waals surface area contributed by atoms with E-state index >= 15 is 0 Å². The van der Waals surface area contributed by atoms with Crippen molar-refractivity contribution < 1.29 is 33.9 Å². The van der Waals surface area contributed by atoms with Gasteiger partial charge in [-0.05, 0) is 35.7 Å². The lowest BCUT2D eigenvalue weighted by Crippen LogP contribution is -2.54. The van der Waals surface area contributed by atoms with Gasteiger partial charge in [0.05, 0.1) is 24.5 Å². The molecule has 1 aliphatic heterocycles. The van der Waals surface area contributed by atoms with Crippen LogP contribution in [-0.4, -0.2) is 69.9 Å². The first kappa shape index (κ1) is 29.7. The Balaban J connectivity index is 1.64. The van der Waals surface area contributed by atoms with E-state index in [-0.39, 0.29) is 42.2 Å². The number of benzene rings is 3. The number of ether oxygens (including phenoxy) is 1. The van der Waals surface area contributed by atoms with Crippen LogP contribution in [0.1, 0.15) is 40.4 Å². The highest BCUT2D eigenvalue weighted by molar-refractivity contribution is 5.99. The third-order valence-corrected chi connectivity index (χ3v) is 6.95. The number of aliphatic carboxylic acids is 1. The first-order chi connectivity index (χ1) is 20.2. The van der Waals surface area contributed by atoms with Crippen LogP contribution in [0.5, 0.6) is 5.75 Å². The molecule has 42 heavy (non-hydrogen) atoms. The van der Waals surface area contributed by atoms with E-state index < -0.39 is 41.3 Å². The molecule has 3 amide bonds. The van der Waals surface area contributed by atoms with Crippen LogP contribution < -0.4 is 10.1 Å². The number of aryl methyl sites for hydroxylation is 1. The number of carbonyl (C=O) groups excluding carboxylic acids is 3. The molecule has 1 aliphatic rings. The summed E-state index contributed by atoms with van der Waals surface area (Å²) in [6.07, 6.45) is -1.45. The first-order valence-electron chi connectivity index (χ1n) is 13.2. The zero-order chi connectivity index (χ0) is 30.2. The van der Waals surface area contributed by atoms with Crippen LogP contribution in [0.25, 0.3) is 0 Å². The minimum atomic E-state index is -1.37. The number of carbonyl (C=O) groups is 4. The predicted octanol–water partition coefficient (Wildman–Crippen LogP) is 3.18. The summed E-state index contributed by atoms with van der Waals surface area (Å²) < 4.78 is 5.22. The van der Waals surface area contributed by atoms with Gasteiger partial charge in [-0.15, -0.1) is 0 Å². The number of rotatable bonds is 11. The van der Waals surface area contributed by atoms with Crippen molar-refractivity contribution in [1.82, 2.24) is 15.1 Å². The Morgan fingerprint density at radius 1 is 1.00 bits per heavy atom. The van der Waals surface area contributed by atoms with E-state index in [0.29, 0.717) is 12.2 Å². The Kier molecular flexibility index (Phi) is 9.48. The van der Waals surface area contributed by atoms with Gasteiger partial charge in [0.25, 0.3) is 17.5 Å². The van der Waals surface area contributed by atoms with Gasteiger partial charge in [-0.2, -0.15) is 0 Å². The molecule has 2 atom stereocenters. The van der Waals surface area contributed by atoms with E-state index in [1.807, 2.05) is 30.3 Å². The second kappa shape index (κ2) is 13.4. The molecule has 0 bridgehead atoms. The number of nitrogens with one attached hydrogen (secondary N) is 1. The summed E-state index contributed by atoms with van der Waals surface area (Å²) in [7, 11) is 1.46. The fourth-order valence-electron chi connectivity index (χ4n) is 4.87. The van der Waals surface area contributed by atoms with E-state index in [2.05, 4.69) is 5.32 Å². The minimum absolute atomic E-state index is 0.0611. The largest absolute Gasteiger partial charge is 0.497 e. The molecule has 218 valence electrons. The molecule has 3 aromatic carbocycles. The molecule has 0 spiro atoms. The van der Waals surface area contributed by atoms with Crippen LogP contribution in [0.2, 0.25) is 0 Å². The highest BCUT2D eigenvalue weighted by atomic mass is 16.6. The smallest absolute Gasteiger partial charge is 0.305 e. The van der Waals surface area contributed by atoms with Gasteiger partial charge in [0.1, 0.15) is 5.75 Å². The van der Waals surface area contributed by atoms with Gasteiger partial charge in [0, 0.05) is 37.2 Å². The van der Waals surface area contributed by atoms with Crippen LogP contribution in [0, 0.1) is 10.1 Å². The van der Waals surface area contributed by atoms with E-state index in [1.165, 1.54) is 47.2 Å². The van der Waals surface area contributed by atoms with Gasteiger partial charge in [0.15, 0.2) is 6.17 Å². The van der Waals surface area contributed by atoms with Crippen molar-refractivity contribution in [2.75, 3.05) is 20.2 Å². The van der Waals surface area contributed by atoms with Crippen molar-refractivity contribution >= 4 is 29.4 Å². The first-order valence-corrected chi connectivity index (χ1v) is 13.2. The molecule has 0 aromatic heterocycles. The Hall–Kier alpha value is -5.26. The van der Waals surface area contributed by atoms with Gasteiger partial charge < -0.3 is 25.0 Å². The molecular weight excluding hydrogens is 544 g/mol. The number of nitro benzene ring substituents is 1. The van der Waals surface area contributed by atoms with Gasteiger partial charge in [-0.3, -0.25) is 29.3 Å². The molecule has 4 rings (SSSR count). The molecule has 3 aromatic rings. The molecule has 0 radical (unpaired) electrons. The molecule has 12 nitrogen and oxygen atoms in total. The number of non-ortho nitro benzene ring substituents is 1. The molecule has 2 unspecified atom stereocenters. The van der Waals surface area contributed by atoms with Gasteiger partial charge in [0.2, 0.25) is 5.91 Å². The predicted molar refractivity (Wildman–Crippen MR) is 151 cm³/mol. The summed E-state index contributed by atoms with van der Waals surface area (Å²) in [6, 6.07) is 19.9. The maximum atomic E-state index is 13.8. The molecule has 1 fully saturated rings. The molecule has 1 heterocycles. The number of nitrogens with zero attached hydrogens (tertiary/aromatic N) is 3. The lowest BCUT2D eigenvalue weighted by atomic mass is 10.0. The Bertz CT molecular complexity index is 1480. The number of hydrogen-bond acceptors (Lipinski definition) is 7. The SMILES string of the molecule is COc1cccc(C(=O)N2CCN(C(=O)CCc3ccccc3)C2C(=O)NC(CC(=O)O)c2cccc([N+](=O)[O-])c2)c1. The zero-order valence-corrected chi connectivity index (χ0v) is 22.8. The van der Waals surface area contributed by atoms with Crippen LogP contribution >= 0.6 is 0 Å². The second-order valence-electron chi connectivity index (χ2n) is 9.69. The summed E-state index contributed by atoms with van der Waals surface area (Å²) >= 11 is 0. The number of carboxylic acid groups (broad SMARTS) is 1. The Morgan fingerprint density at radius 2 is 1.71 bits per heavy atom. The number of hydrogen-bond donors (Lipinski definition) is 2. The molecular formula is C30H30N4O8. The van der Waals surface area contributed by atoms with Crippen molar-refractivity contribution in [2.45, 2.75) is 31.5 Å². The molecule has 0 saturated carbocycles. The van der Waals surface area contributed by atoms with Gasteiger partial charge in [-0.1, -0.05) is 48.5 Å². The summed E-state index contributed by atoms with van der Waals surface area (Å²) in [5.74, 6) is -2.47. The number of carboxylic acids is 1. The third kappa shape index (κ3) is 7.08. The maximum absolute atomic E-state index is 13.8. The quantitative estimate of drug-likeness (QED) is 0.261. The van der Waals surface area contributed by atoms with Crippen LogP contribution in [0.3, 0.4) is 0 Å². The Labute approximate surface area is 241 Å². The van der Waals surface area contributed by atoms with Crippen molar-refractivity contribution in [3.8, 4) is 5.75 Å². The maximum Gasteiger partial charge on any atom is 0.305 e. The minimum Gasteiger partial charge on any atom is -0.497 e. The van der Waals surface area contributed by atoms with Crippen LogP contribution in [-0.2, 0) is 20.8 Å². The van der Waals surface area contributed by atoms with Crippen LogP contribution in [0.4, 0.5) is 5.69 Å². The summed E-state index contributed by atoms with van der Waals surface area (Å²) in [4.78, 5) is 65.8. The van der Waals surface area contributed by atoms with Gasteiger partial charge >= 0.3 is 5.97 Å². The van der Waals surface area contributed by atoms with Gasteiger partial charge in [-0.25, -0.2) is 0 Å². The van der Waals surface area contributed by atoms with Crippen molar-refractivity contribution in [3.63, 3.8) is 0 Å². The van der Waals surface area contributed by atoms with Crippen LogP contribution in [0.15, 0.2) is 78.9 Å². The topological polar surface area (TPSA) is 159 Å². The summed E-state index contributed by atoms with van der Waals surface area (Å²) in [6.45, 7) is 0.146. The highest BCUT2D eigenvalue weighted by Gasteiger charge is 2.43. The second-order valence-corrected chi connectivity index (χ2v) is 9.69. The fraction of sp³-hybridized carbons (Fsp3) is 0.267. The number of nitro groups is 1. The van der Waals surface area contributed by atoms with Crippen molar-refractivity contribution in [2.24, 2.45) is 0 Å². The highest BCUT2D eigenvalue weighted by Crippen LogP contribution is 2.26. The van der Waals surface area contributed by atoms with E-state index in [4.69, 9.17) is 4.74 Å². The monoisotopic (exact) mass is 574 g/mol. The number of amides is 3. The summed E-state index contributed by atoms with van der Waals surface area (Å²) in [5.41, 5.74) is 1.10. The zero-order valence-electron chi connectivity index (χ0n) is 22.8. The molecule has 1 saturated heterocycles. The average molecular weight is 575 g/mol.